The highest BCUT2D eigenvalue weighted by molar-refractivity contribution is 6.26. The summed E-state index contributed by atoms with van der Waals surface area (Å²) in [6.07, 6.45) is 3.78. The first-order valence-electron chi connectivity index (χ1n) is 17.5. The molecule has 0 saturated heterocycles. The third kappa shape index (κ3) is 6.42. The van der Waals surface area contributed by atoms with E-state index in [1.165, 1.54) is 44.5 Å². The Morgan fingerprint density at radius 1 is 0.360 bits per heavy atom. The van der Waals surface area contributed by atoms with Gasteiger partial charge >= 0.3 is 0 Å². The molecule has 2 heterocycles. The van der Waals surface area contributed by atoms with E-state index < -0.39 is 0 Å². The van der Waals surface area contributed by atoms with Crippen LogP contribution in [0.1, 0.15) is 86.3 Å². The van der Waals surface area contributed by atoms with E-state index in [4.69, 9.17) is 9.97 Å². The first kappa shape index (κ1) is 32.9. The lowest BCUT2D eigenvalue weighted by Gasteiger charge is -2.36. The summed E-state index contributed by atoms with van der Waals surface area (Å²) < 4.78 is 0. The van der Waals surface area contributed by atoms with E-state index in [-0.39, 0.29) is 10.8 Å². The molecular weight excluding hydrogens is 605 g/mol. The summed E-state index contributed by atoms with van der Waals surface area (Å²) in [4.78, 5) is 9.96. The van der Waals surface area contributed by atoms with E-state index in [0.717, 1.165) is 33.7 Å². The van der Waals surface area contributed by atoms with Gasteiger partial charge in [-0.05, 0) is 79.6 Å². The molecule has 0 aliphatic heterocycles. The second-order valence-corrected chi connectivity index (χ2v) is 15.1. The minimum Gasteiger partial charge on any atom is -0.256 e. The first-order chi connectivity index (χ1) is 24.1. The van der Waals surface area contributed by atoms with Crippen molar-refractivity contribution >= 4 is 22.3 Å². The third-order valence-electron chi connectivity index (χ3n) is 9.55. The molecule has 0 fully saturated rings. The molecular formula is C48H44N2. The molecule has 7 rings (SSSR count). The summed E-state index contributed by atoms with van der Waals surface area (Å²) in [5, 5.41) is 0. The summed E-state index contributed by atoms with van der Waals surface area (Å²) in [6, 6.07) is 52.3. The number of hydrogen-bond acceptors (Lipinski definition) is 2. The van der Waals surface area contributed by atoms with Gasteiger partial charge < -0.3 is 0 Å². The Labute approximate surface area is 297 Å². The van der Waals surface area contributed by atoms with Crippen molar-refractivity contribution in [2.75, 3.05) is 0 Å². The van der Waals surface area contributed by atoms with Gasteiger partial charge in [-0.3, -0.25) is 9.97 Å². The summed E-state index contributed by atoms with van der Waals surface area (Å²) in [7, 11) is 0. The lowest BCUT2D eigenvalue weighted by Crippen LogP contribution is -2.18. The van der Waals surface area contributed by atoms with E-state index in [0.29, 0.717) is 0 Å². The Balaban J connectivity index is 1.67. The molecule has 50 heavy (non-hydrogen) atoms. The van der Waals surface area contributed by atoms with Crippen LogP contribution in [0.15, 0.2) is 169 Å². The van der Waals surface area contributed by atoms with Crippen LogP contribution in [0.4, 0.5) is 0 Å². The van der Waals surface area contributed by atoms with Crippen molar-refractivity contribution in [1.29, 1.82) is 0 Å². The molecule has 0 unspecified atom stereocenters. The molecule has 0 bridgehead atoms. The van der Waals surface area contributed by atoms with Crippen LogP contribution in [0.2, 0.25) is 0 Å². The number of hydrogen-bond donors (Lipinski definition) is 0. The second-order valence-electron chi connectivity index (χ2n) is 15.1. The minimum absolute atomic E-state index is 0.0466. The molecule has 1 aliphatic rings. The third-order valence-corrected chi connectivity index (χ3v) is 9.55. The molecule has 4 aromatic carbocycles. The van der Waals surface area contributed by atoms with Gasteiger partial charge in [0.2, 0.25) is 0 Å². The zero-order chi connectivity index (χ0) is 34.9. The highest BCUT2D eigenvalue weighted by Gasteiger charge is 2.39. The SMILES string of the molecule is CC(C)(C)c1ccc(/C(=C2C(c3ccccn3)=C(c3ccccn3)C\2=C(\c2ccccc2)c2ccc(C(C)(C)C)cc2)c2ccccc2)cc1. The van der Waals surface area contributed by atoms with Gasteiger partial charge in [-0.15, -0.1) is 0 Å². The highest BCUT2D eigenvalue weighted by atomic mass is 14.7. The predicted molar refractivity (Wildman–Crippen MR) is 210 cm³/mol. The maximum atomic E-state index is 4.98. The largest absolute Gasteiger partial charge is 0.256 e. The van der Waals surface area contributed by atoms with Gasteiger partial charge in [-0.25, -0.2) is 0 Å². The fourth-order valence-electron chi connectivity index (χ4n) is 6.87. The fraction of sp³-hybridized carbons (Fsp3) is 0.167. The monoisotopic (exact) mass is 648 g/mol. The molecule has 1 aliphatic carbocycles. The Hall–Kier alpha value is -5.60. The molecule has 0 saturated carbocycles. The molecule has 6 aromatic rings. The smallest absolute Gasteiger partial charge is 0.0715 e. The van der Waals surface area contributed by atoms with Crippen molar-refractivity contribution in [2.45, 2.75) is 52.4 Å². The summed E-state index contributed by atoms with van der Waals surface area (Å²) in [6.45, 7) is 13.6. The molecule has 0 radical (unpaired) electrons. The quantitative estimate of drug-likeness (QED) is 0.180. The van der Waals surface area contributed by atoms with Crippen LogP contribution in [-0.2, 0) is 10.8 Å². The van der Waals surface area contributed by atoms with Crippen LogP contribution in [0.25, 0.3) is 22.3 Å². The van der Waals surface area contributed by atoms with E-state index in [1.54, 1.807) is 0 Å². The Morgan fingerprint density at radius 2 is 0.680 bits per heavy atom. The van der Waals surface area contributed by atoms with Crippen molar-refractivity contribution in [1.82, 2.24) is 9.97 Å². The van der Waals surface area contributed by atoms with E-state index >= 15 is 0 Å². The highest BCUT2D eigenvalue weighted by Crippen LogP contribution is 2.57. The molecule has 0 atom stereocenters. The molecule has 2 nitrogen and oxygen atoms in total. The average molecular weight is 649 g/mol. The van der Waals surface area contributed by atoms with Crippen molar-refractivity contribution < 1.29 is 0 Å². The van der Waals surface area contributed by atoms with Crippen LogP contribution in [0.3, 0.4) is 0 Å². The van der Waals surface area contributed by atoms with Crippen LogP contribution in [0.5, 0.6) is 0 Å². The number of allylic oxidation sites excluding steroid dienone is 4. The number of nitrogens with zero attached hydrogens (tertiary/aromatic N) is 2. The van der Waals surface area contributed by atoms with Gasteiger partial charge in [0.05, 0.1) is 11.4 Å². The minimum atomic E-state index is 0.0466. The Kier molecular flexibility index (Phi) is 8.80. The molecule has 2 heteroatoms. The average Bonchev–Trinajstić information content (AvgIpc) is 3.13. The second kappa shape index (κ2) is 13.4. The summed E-state index contributed by atoms with van der Waals surface area (Å²) in [5.41, 5.74) is 16.2. The van der Waals surface area contributed by atoms with Gasteiger partial charge in [0, 0.05) is 34.7 Å². The first-order valence-corrected chi connectivity index (χ1v) is 17.5. The topological polar surface area (TPSA) is 25.8 Å². The zero-order valence-corrected chi connectivity index (χ0v) is 29.9. The van der Waals surface area contributed by atoms with Crippen LogP contribution >= 0.6 is 0 Å². The predicted octanol–water partition coefficient (Wildman–Crippen LogP) is 12.0. The van der Waals surface area contributed by atoms with Gasteiger partial charge in [0.1, 0.15) is 0 Å². The zero-order valence-electron chi connectivity index (χ0n) is 29.9. The number of aromatic nitrogens is 2. The van der Waals surface area contributed by atoms with Crippen molar-refractivity contribution in [3.05, 3.63) is 214 Å². The van der Waals surface area contributed by atoms with Gasteiger partial charge in [0.25, 0.3) is 0 Å². The fourth-order valence-corrected chi connectivity index (χ4v) is 6.87. The Morgan fingerprint density at radius 3 is 0.980 bits per heavy atom. The normalized spacial score (nSPS) is 15.4. The van der Waals surface area contributed by atoms with Crippen molar-refractivity contribution in [2.24, 2.45) is 0 Å². The van der Waals surface area contributed by atoms with Crippen molar-refractivity contribution in [3.63, 3.8) is 0 Å². The molecule has 0 amide bonds. The lowest BCUT2D eigenvalue weighted by atomic mass is 9.66. The maximum Gasteiger partial charge on any atom is 0.0715 e. The molecule has 0 spiro atoms. The van der Waals surface area contributed by atoms with Gasteiger partial charge in [0.15, 0.2) is 0 Å². The lowest BCUT2D eigenvalue weighted by molar-refractivity contribution is 0.590. The van der Waals surface area contributed by atoms with E-state index in [9.17, 15) is 0 Å². The van der Waals surface area contributed by atoms with E-state index in [1.807, 2.05) is 24.5 Å². The number of rotatable bonds is 6. The molecule has 246 valence electrons. The van der Waals surface area contributed by atoms with Crippen LogP contribution in [0, 0.1) is 0 Å². The standard InChI is InChI=1S/C48H44N2/c1-47(2,3)37-27-23-35(24-28-37)41(33-17-9-7-10-18-33)45-43(39-21-13-15-31-49-39)44(40-22-14-16-32-50-40)46(45)42(34-19-11-8-12-20-34)36-25-29-38(30-26-36)48(4,5)6/h7-32H,1-6H3/b45-41+,46-42+. The Bertz CT molecular complexity index is 2030. The van der Waals surface area contributed by atoms with E-state index in [2.05, 4.69) is 175 Å². The summed E-state index contributed by atoms with van der Waals surface area (Å²) >= 11 is 0. The van der Waals surface area contributed by atoms with Crippen LogP contribution < -0.4 is 0 Å². The number of benzene rings is 4. The molecule has 2 aromatic heterocycles. The molecule has 0 N–H and O–H groups in total. The maximum absolute atomic E-state index is 4.98. The van der Waals surface area contributed by atoms with Crippen LogP contribution in [-0.4, -0.2) is 9.97 Å². The van der Waals surface area contributed by atoms with Gasteiger partial charge in [-0.2, -0.15) is 0 Å². The van der Waals surface area contributed by atoms with Crippen molar-refractivity contribution in [3.8, 4) is 0 Å². The summed E-state index contributed by atoms with van der Waals surface area (Å²) in [5.74, 6) is 0. The van der Waals surface area contributed by atoms with Gasteiger partial charge in [-0.1, -0.05) is 163 Å². The number of pyridine rings is 2.